The third-order valence-electron chi connectivity index (χ3n) is 4.35. The van der Waals surface area contributed by atoms with Gasteiger partial charge in [0, 0.05) is 18.9 Å². The predicted octanol–water partition coefficient (Wildman–Crippen LogP) is 3.73. The molecule has 1 amide bonds. The first-order valence-electron chi connectivity index (χ1n) is 7.62. The quantitative estimate of drug-likeness (QED) is 0.783. The fourth-order valence-corrected chi connectivity index (χ4v) is 3.50. The van der Waals surface area contributed by atoms with E-state index in [0.717, 1.165) is 29.9 Å². The zero-order chi connectivity index (χ0) is 14.7. The minimum Gasteiger partial charge on any atom is -0.486 e. The van der Waals surface area contributed by atoms with E-state index in [1.807, 2.05) is 41.2 Å². The van der Waals surface area contributed by atoms with Gasteiger partial charge >= 0.3 is 0 Å². The van der Waals surface area contributed by atoms with E-state index in [9.17, 15) is 4.79 Å². The third-order valence-corrected chi connectivity index (χ3v) is 4.82. The number of hydrogen-bond donors (Lipinski definition) is 1. The summed E-state index contributed by atoms with van der Waals surface area (Å²) in [6.45, 7) is 0.714. The van der Waals surface area contributed by atoms with Crippen molar-refractivity contribution in [3.8, 4) is 11.5 Å². The van der Waals surface area contributed by atoms with E-state index < -0.39 is 0 Å². The van der Waals surface area contributed by atoms with Crippen molar-refractivity contribution >= 4 is 28.9 Å². The lowest BCUT2D eigenvalue weighted by Crippen LogP contribution is -2.20. The van der Waals surface area contributed by atoms with Gasteiger partial charge in [0.05, 0.1) is 6.10 Å². The second-order valence-corrected chi connectivity index (χ2v) is 6.31. The maximum atomic E-state index is 11.4. The summed E-state index contributed by atoms with van der Waals surface area (Å²) in [5, 5.41) is 2.89. The number of halogens is 1. The van der Waals surface area contributed by atoms with Crippen LogP contribution in [-0.4, -0.2) is 18.6 Å². The van der Waals surface area contributed by atoms with Crippen LogP contribution in [0.15, 0.2) is 18.2 Å². The number of carbonyl (C=O) groups excluding carboxylic acids is 1. The number of carbonyl (C=O) groups is 1. The first-order chi connectivity index (χ1) is 10.3. The van der Waals surface area contributed by atoms with Crippen molar-refractivity contribution in [2.45, 2.75) is 50.5 Å². The number of rotatable bonds is 4. The van der Waals surface area contributed by atoms with Crippen LogP contribution in [0, 0.1) is 0 Å². The van der Waals surface area contributed by atoms with Crippen LogP contribution in [0.3, 0.4) is 0 Å². The molecular formula is C16H20INO3. The molecule has 4 nitrogen and oxygen atoms in total. The van der Waals surface area contributed by atoms with Crippen molar-refractivity contribution in [1.29, 1.82) is 0 Å². The first kappa shape index (κ1) is 14.9. The van der Waals surface area contributed by atoms with Crippen molar-refractivity contribution in [2.75, 3.05) is 6.54 Å². The fraction of sp³-hybridized carbons (Fsp3) is 0.562. The predicted molar refractivity (Wildman–Crippen MR) is 89.0 cm³/mol. The fourth-order valence-electron chi connectivity index (χ4n) is 3.14. The molecule has 1 saturated carbocycles. The molecule has 1 aliphatic carbocycles. The van der Waals surface area contributed by atoms with Crippen LogP contribution in [0.4, 0.5) is 0 Å². The minimum atomic E-state index is 0.129. The second kappa shape index (κ2) is 6.85. The van der Waals surface area contributed by atoms with Crippen LogP contribution in [0.1, 0.15) is 50.0 Å². The van der Waals surface area contributed by atoms with Gasteiger partial charge in [-0.05, 0) is 43.4 Å². The van der Waals surface area contributed by atoms with Crippen LogP contribution >= 0.6 is 23.0 Å². The Hall–Kier alpha value is -0.980. The van der Waals surface area contributed by atoms with Gasteiger partial charge in [-0.2, -0.15) is 0 Å². The summed E-state index contributed by atoms with van der Waals surface area (Å²) in [7, 11) is 0. The Morgan fingerprint density at radius 3 is 2.62 bits per heavy atom. The monoisotopic (exact) mass is 401 g/mol. The second-order valence-electron chi connectivity index (χ2n) is 5.87. The van der Waals surface area contributed by atoms with E-state index in [2.05, 4.69) is 5.32 Å². The Bertz CT molecular complexity index is 514. The molecule has 0 bridgehead atoms. The van der Waals surface area contributed by atoms with E-state index in [1.54, 1.807) is 0 Å². The molecular weight excluding hydrogens is 381 g/mol. The molecule has 0 radical (unpaired) electrons. The number of hydrogen-bond acceptors (Lipinski definition) is 3. The highest BCUT2D eigenvalue weighted by Crippen LogP contribution is 2.36. The van der Waals surface area contributed by atoms with Crippen molar-refractivity contribution in [3.05, 3.63) is 23.8 Å². The number of ether oxygens (including phenoxy) is 1. The summed E-state index contributed by atoms with van der Waals surface area (Å²) < 4.78 is 11.6. The Morgan fingerprint density at radius 2 is 1.95 bits per heavy atom. The summed E-state index contributed by atoms with van der Waals surface area (Å²) in [6.07, 6.45) is 6.89. The SMILES string of the molecule is O=C1CC(c2ccc(OI)c(OC3CCCCC3)c2)CN1. The largest absolute Gasteiger partial charge is 0.486 e. The highest BCUT2D eigenvalue weighted by atomic mass is 127. The van der Waals surface area contributed by atoms with Gasteiger partial charge in [0.1, 0.15) is 0 Å². The van der Waals surface area contributed by atoms with Gasteiger partial charge in [-0.25, -0.2) is 0 Å². The maximum Gasteiger partial charge on any atom is 0.220 e. The summed E-state index contributed by atoms with van der Waals surface area (Å²) in [4.78, 5) is 11.4. The molecule has 3 rings (SSSR count). The van der Waals surface area contributed by atoms with Crippen molar-refractivity contribution < 1.29 is 12.6 Å². The summed E-state index contributed by atoms with van der Waals surface area (Å²) in [5.74, 6) is 1.95. The van der Waals surface area contributed by atoms with E-state index in [4.69, 9.17) is 7.80 Å². The smallest absolute Gasteiger partial charge is 0.220 e. The van der Waals surface area contributed by atoms with E-state index in [0.29, 0.717) is 19.1 Å². The molecule has 5 heteroatoms. The zero-order valence-corrected chi connectivity index (χ0v) is 14.1. The van der Waals surface area contributed by atoms with Crippen molar-refractivity contribution in [1.82, 2.24) is 5.32 Å². The molecule has 1 N–H and O–H groups in total. The topological polar surface area (TPSA) is 47.6 Å². The molecule has 1 aromatic carbocycles. The van der Waals surface area contributed by atoms with Gasteiger partial charge in [0.2, 0.25) is 5.91 Å². The molecule has 1 unspecified atom stereocenters. The van der Waals surface area contributed by atoms with Crippen LogP contribution in [0.5, 0.6) is 11.5 Å². The number of benzene rings is 1. The third kappa shape index (κ3) is 3.62. The average molecular weight is 401 g/mol. The molecule has 0 aromatic heterocycles. The first-order valence-corrected chi connectivity index (χ1v) is 8.50. The molecule has 0 spiro atoms. The van der Waals surface area contributed by atoms with Gasteiger partial charge in [-0.1, -0.05) is 12.5 Å². The lowest BCUT2D eigenvalue weighted by Gasteiger charge is -2.24. The van der Waals surface area contributed by atoms with E-state index in [-0.39, 0.29) is 11.8 Å². The molecule has 1 atom stereocenters. The Morgan fingerprint density at radius 1 is 1.14 bits per heavy atom. The van der Waals surface area contributed by atoms with Crippen LogP contribution < -0.4 is 13.1 Å². The van der Waals surface area contributed by atoms with Crippen LogP contribution in [-0.2, 0) is 4.79 Å². The van der Waals surface area contributed by atoms with Crippen molar-refractivity contribution in [3.63, 3.8) is 0 Å². The lowest BCUT2D eigenvalue weighted by molar-refractivity contribution is -0.119. The van der Waals surface area contributed by atoms with E-state index >= 15 is 0 Å². The number of amides is 1. The van der Waals surface area contributed by atoms with Gasteiger partial charge in [0.25, 0.3) is 0 Å². The van der Waals surface area contributed by atoms with Gasteiger partial charge in [-0.15, -0.1) is 0 Å². The standard InChI is InChI=1S/C16H20INO3/c17-21-14-7-6-11(12-9-16(19)18-10-12)8-15(14)20-13-4-2-1-3-5-13/h6-8,12-13H,1-5,9-10H2,(H,18,19). The molecule has 1 saturated heterocycles. The molecule has 1 aromatic rings. The highest BCUT2D eigenvalue weighted by Gasteiger charge is 2.25. The van der Waals surface area contributed by atoms with Gasteiger partial charge < -0.3 is 13.1 Å². The Balaban J connectivity index is 1.77. The molecule has 1 aliphatic heterocycles. The summed E-state index contributed by atoms with van der Waals surface area (Å²) in [5.41, 5.74) is 1.15. The Kier molecular flexibility index (Phi) is 4.87. The van der Waals surface area contributed by atoms with Crippen LogP contribution in [0.25, 0.3) is 0 Å². The highest BCUT2D eigenvalue weighted by molar-refractivity contribution is 14.1. The summed E-state index contributed by atoms with van der Waals surface area (Å²) >= 11 is 1.89. The van der Waals surface area contributed by atoms with Crippen molar-refractivity contribution in [2.24, 2.45) is 0 Å². The molecule has 1 heterocycles. The molecule has 2 aliphatic rings. The Labute approximate surface area is 139 Å². The van der Waals surface area contributed by atoms with Gasteiger partial charge in [-0.3, -0.25) is 4.79 Å². The molecule has 114 valence electrons. The van der Waals surface area contributed by atoms with Crippen LogP contribution in [0.2, 0.25) is 0 Å². The molecule has 2 fully saturated rings. The normalized spacial score (nSPS) is 22.9. The zero-order valence-electron chi connectivity index (χ0n) is 11.9. The number of nitrogens with one attached hydrogen (secondary N) is 1. The maximum absolute atomic E-state index is 11.4. The lowest BCUT2D eigenvalue weighted by atomic mass is 9.96. The average Bonchev–Trinajstić information content (AvgIpc) is 2.95. The summed E-state index contributed by atoms with van der Waals surface area (Å²) in [6, 6.07) is 6.03. The molecule has 21 heavy (non-hydrogen) atoms. The van der Waals surface area contributed by atoms with E-state index in [1.165, 1.54) is 19.3 Å². The van der Waals surface area contributed by atoms with Gasteiger partial charge in [0.15, 0.2) is 34.5 Å². The minimum absolute atomic E-state index is 0.129.